The molecular weight excluding hydrogens is 296 g/mol. The van der Waals surface area contributed by atoms with Gasteiger partial charge in [-0.3, -0.25) is 0 Å². The van der Waals surface area contributed by atoms with Gasteiger partial charge in [-0.05, 0) is 11.4 Å². The topological polar surface area (TPSA) is 63.8 Å². The highest BCUT2D eigenvalue weighted by molar-refractivity contribution is 7.16. The fourth-order valence-electron chi connectivity index (χ4n) is 2.09. The van der Waals surface area contributed by atoms with Gasteiger partial charge >= 0.3 is 0 Å². The van der Waals surface area contributed by atoms with E-state index in [1.54, 1.807) is 17.5 Å². The maximum atomic E-state index is 5.81. The zero-order chi connectivity index (χ0) is 15.7. The number of hydrogen-bond donors (Lipinski definition) is 1. The van der Waals surface area contributed by atoms with Crippen molar-refractivity contribution in [2.24, 2.45) is 0 Å². The number of thiophene rings is 1. The SMILES string of the molecule is CCc1nc(NCc2ncc(C(C)(C)C)o2)c2ccsc2n1. The summed E-state index contributed by atoms with van der Waals surface area (Å²) in [7, 11) is 0. The third-order valence-corrected chi connectivity index (χ3v) is 4.19. The van der Waals surface area contributed by atoms with Crippen LogP contribution in [0, 0.1) is 0 Å². The molecule has 0 atom stereocenters. The van der Waals surface area contributed by atoms with Crippen LogP contribution in [-0.4, -0.2) is 15.0 Å². The van der Waals surface area contributed by atoms with Gasteiger partial charge in [0.15, 0.2) is 0 Å². The van der Waals surface area contributed by atoms with Gasteiger partial charge in [0.1, 0.15) is 22.2 Å². The molecule has 5 nitrogen and oxygen atoms in total. The van der Waals surface area contributed by atoms with E-state index >= 15 is 0 Å². The number of fused-ring (bicyclic) bond motifs is 1. The number of aromatic nitrogens is 3. The molecule has 0 aliphatic rings. The molecule has 116 valence electrons. The molecule has 6 heteroatoms. The van der Waals surface area contributed by atoms with Crippen molar-refractivity contribution in [3.8, 4) is 0 Å². The molecule has 0 spiro atoms. The van der Waals surface area contributed by atoms with Crippen LogP contribution in [0.15, 0.2) is 22.1 Å². The van der Waals surface area contributed by atoms with Crippen molar-refractivity contribution in [1.29, 1.82) is 0 Å². The molecule has 0 aliphatic carbocycles. The summed E-state index contributed by atoms with van der Waals surface area (Å²) in [5, 5.41) is 6.41. The molecule has 0 radical (unpaired) electrons. The Hall–Kier alpha value is -1.95. The molecule has 0 fully saturated rings. The van der Waals surface area contributed by atoms with Crippen LogP contribution in [0.5, 0.6) is 0 Å². The number of nitrogens with one attached hydrogen (secondary N) is 1. The second-order valence-corrected chi connectivity index (χ2v) is 7.10. The van der Waals surface area contributed by atoms with E-state index in [9.17, 15) is 0 Å². The second kappa shape index (κ2) is 5.68. The van der Waals surface area contributed by atoms with Crippen molar-refractivity contribution in [1.82, 2.24) is 15.0 Å². The normalized spacial score (nSPS) is 12.0. The van der Waals surface area contributed by atoms with E-state index in [0.717, 1.165) is 34.0 Å². The zero-order valence-corrected chi connectivity index (χ0v) is 14.1. The van der Waals surface area contributed by atoms with E-state index in [-0.39, 0.29) is 5.41 Å². The van der Waals surface area contributed by atoms with Crippen LogP contribution in [0.3, 0.4) is 0 Å². The van der Waals surface area contributed by atoms with Crippen molar-refractivity contribution in [3.63, 3.8) is 0 Å². The first kappa shape index (κ1) is 15.0. The first-order chi connectivity index (χ1) is 10.5. The predicted octanol–water partition coefficient (Wildman–Crippen LogP) is 4.15. The van der Waals surface area contributed by atoms with Crippen molar-refractivity contribution in [2.75, 3.05) is 5.32 Å². The van der Waals surface area contributed by atoms with Gasteiger partial charge in [0.2, 0.25) is 5.89 Å². The summed E-state index contributed by atoms with van der Waals surface area (Å²) in [5.41, 5.74) is -0.0316. The van der Waals surface area contributed by atoms with E-state index in [0.29, 0.717) is 12.4 Å². The highest BCUT2D eigenvalue weighted by atomic mass is 32.1. The van der Waals surface area contributed by atoms with Crippen LogP contribution >= 0.6 is 11.3 Å². The van der Waals surface area contributed by atoms with E-state index < -0.39 is 0 Å². The molecule has 22 heavy (non-hydrogen) atoms. The molecule has 0 amide bonds. The van der Waals surface area contributed by atoms with Crippen LogP contribution < -0.4 is 5.32 Å². The summed E-state index contributed by atoms with van der Waals surface area (Å²) >= 11 is 1.63. The maximum absolute atomic E-state index is 5.81. The Kier molecular flexibility index (Phi) is 3.87. The minimum Gasteiger partial charge on any atom is -0.443 e. The van der Waals surface area contributed by atoms with E-state index in [4.69, 9.17) is 4.42 Å². The predicted molar refractivity (Wildman–Crippen MR) is 89.3 cm³/mol. The first-order valence-electron chi connectivity index (χ1n) is 7.40. The summed E-state index contributed by atoms with van der Waals surface area (Å²) in [6, 6.07) is 2.04. The van der Waals surface area contributed by atoms with Crippen LogP contribution in [-0.2, 0) is 18.4 Å². The summed E-state index contributed by atoms with van der Waals surface area (Å²) < 4.78 is 5.81. The molecule has 1 N–H and O–H groups in total. The van der Waals surface area contributed by atoms with Crippen molar-refractivity contribution < 1.29 is 4.42 Å². The molecule has 0 aliphatic heterocycles. The quantitative estimate of drug-likeness (QED) is 0.783. The van der Waals surface area contributed by atoms with Gasteiger partial charge in [-0.15, -0.1) is 11.3 Å². The van der Waals surface area contributed by atoms with Gasteiger partial charge in [-0.2, -0.15) is 0 Å². The molecule has 0 unspecified atom stereocenters. The van der Waals surface area contributed by atoms with Crippen molar-refractivity contribution >= 4 is 27.4 Å². The van der Waals surface area contributed by atoms with Crippen LogP contribution in [0.25, 0.3) is 10.2 Å². The second-order valence-electron chi connectivity index (χ2n) is 6.20. The number of rotatable bonds is 4. The Balaban J connectivity index is 1.81. The Morgan fingerprint density at radius 3 is 2.77 bits per heavy atom. The summed E-state index contributed by atoms with van der Waals surface area (Å²) in [4.78, 5) is 14.5. The summed E-state index contributed by atoms with van der Waals surface area (Å²) in [6.45, 7) is 8.90. The molecule has 0 saturated heterocycles. The Morgan fingerprint density at radius 1 is 1.27 bits per heavy atom. The Morgan fingerprint density at radius 2 is 2.09 bits per heavy atom. The summed E-state index contributed by atoms with van der Waals surface area (Å²) in [5.74, 6) is 3.26. The zero-order valence-electron chi connectivity index (χ0n) is 13.3. The smallest absolute Gasteiger partial charge is 0.213 e. The first-order valence-corrected chi connectivity index (χ1v) is 8.28. The lowest BCUT2D eigenvalue weighted by molar-refractivity contribution is 0.385. The molecule has 3 aromatic heterocycles. The van der Waals surface area contributed by atoms with Gasteiger partial charge in [-0.25, -0.2) is 15.0 Å². The van der Waals surface area contributed by atoms with Gasteiger partial charge in [-0.1, -0.05) is 27.7 Å². The lowest BCUT2D eigenvalue weighted by Gasteiger charge is -2.13. The fraction of sp³-hybridized carbons (Fsp3) is 0.438. The minimum atomic E-state index is -0.0316. The van der Waals surface area contributed by atoms with Crippen LogP contribution in [0.1, 0.15) is 45.2 Å². The van der Waals surface area contributed by atoms with Crippen molar-refractivity contribution in [2.45, 2.75) is 46.1 Å². The fourth-order valence-corrected chi connectivity index (χ4v) is 2.87. The van der Waals surface area contributed by atoms with Crippen LogP contribution in [0.4, 0.5) is 5.82 Å². The number of anilines is 1. The number of nitrogens with zero attached hydrogens (tertiary/aromatic N) is 3. The molecule has 0 bridgehead atoms. The van der Waals surface area contributed by atoms with E-state index in [1.807, 2.05) is 11.4 Å². The highest BCUT2D eigenvalue weighted by Crippen LogP contribution is 2.26. The minimum absolute atomic E-state index is 0.0316. The average Bonchev–Trinajstić information content (AvgIpc) is 3.12. The molecule has 0 saturated carbocycles. The van der Waals surface area contributed by atoms with E-state index in [1.165, 1.54) is 0 Å². The molecule has 3 rings (SSSR count). The lowest BCUT2D eigenvalue weighted by atomic mass is 9.94. The third-order valence-electron chi connectivity index (χ3n) is 3.39. The summed E-state index contributed by atoms with van der Waals surface area (Å²) in [6.07, 6.45) is 2.62. The molecule has 3 aromatic rings. The number of oxazole rings is 1. The molecule has 3 heterocycles. The van der Waals surface area contributed by atoms with Gasteiger partial charge in [0, 0.05) is 11.8 Å². The van der Waals surface area contributed by atoms with Crippen LogP contribution in [0.2, 0.25) is 0 Å². The number of aryl methyl sites for hydroxylation is 1. The van der Waals surface area contributed by atoms with Gasteiger partial charge in [0.25, 0.3) is 0 Å². The lowest BCUT2D eigenvalue weighted by Crippen LogP contribution is -2.09. The van der Waals surface area contributed by atoms with Gasteiger partial charge < -0.3 is 9.73 Å². The standard InChI is InChI=1S/C16H20N4OS/c1-5-12-19-14(10-6-7-22-15(10)20-12)18-9-13-17-8-11(21-13)16(2,3)4/h6-8H,5,9H2,1-4H3,(H,18,19,20). The van der Waals surface area contributed by atoms with Crippen molar-refractivity contribution in [3.05, 3.63) is 35.1 Å². The highest BCUT2D eigenvalue weighted by Gasteiger charge is 2.19. The third kappa shape index (κ3) is 2.97. The Bertz CT molecular complexity index is 785. The largest absolute Gasteiger partial charge is 0.443 e. The molecule has 0 aromatic carbocycles. The maximum Gasteiger partial charge on any atom is 0.213 e. The monoisotopic (exact) mass is 316 g/mol. The van der Waals surface area contributed by atoms with Gasteiger partial charge in [0.05, 0.1) is 18.1 Å². The number of hydrogen-bond acceptors (Lipinski definition) is 6. The van der Waals surface area contributed by atoms with E-state index in [2.05, 4.69) is 48.0 Å². The Labute approximate surface area is 133 Å². The average molecular weight is 316 g/mol. The molecular formula is C16H20N4OS.